The molecule has 0 saturated carbocycles. The Balaban J connectivity index is 2.60. The minimum atomic E-state index is -1.45. The standard InChI is InChI=1S/C17H30O9/c1-4-6-11(7-12(18)19)25-13(20)8-10(5-2)26-17-16(23)15(22)14(21)9(3)24-17/h9-11,14-17,21-23H,4-8H2,1-3H3,(H,18,19)/t9?,10-,11+,14+,15+,16?,17+/m1/s1. The smallest absolute Gasteiger partial charge is 0.308 e. The number of aliphatic carboxylic acids is 1. The van der Waals surface area contributed by atoms with E-state index >= 15 is 0 Å². The first kappa shape index (κ1) is 22.8. The third-order valence-electron chi connectivity index (χ3n) is 4.30. The van der Waals surface area contributed by atoms with Gasteiger partial charge in [-0.3, -0.25) is 9.59 Å². The minimum Gasteiger partial charge on any atom is -0.481 e. The van der Waals surface area contributed by atoms with Gasteiger partial charge in [-0.05, 0) is 19.8 Å². The lowest BCUT2D eigenvalue weighted by Gasteiger charge is -2.40. The Morgan fingerprint density at radius 3 is 2.23 bits per heavy atom. The second kappa shape index (κ2) is 10.8. The van der Waals surface area contributed by atoms with E-state index in [1.165, 1.54) is 6.92 Å². The van der Waals surface area contributed by atoms with E-state index in [2.05, 4.69) is 0 Å². The lowest BCUT2D eigenvalue weighted by atomic mass is 10.00. The number of hydrogen-bond donors (Lipinski definition) is 4. The molecule has 1 fully saturated rings. The van der Waals surface area contributed by atoms with Gasteiger partial charge in [0.2, 0.25) is 0 Å². The number of carbonyl (C=O) groups is 2. The van der Waals surface area contributed by atoms with Crippen LogP contribution in [0.3, 0.4) is 0 Å². The molecule has 0 bridgehead atoms. The molecule has 1 saturated heterocycles. The van der Waals surface area contributed by atoms with Crippen LogP contribution >= 0.6 is 0 Å². The fourth-order valence-corrected chi connectivity index (χ4v) is 2.74. The van der Waals surface area contributed by atoms with Crippen LogP contribution in [-0.4, -0.2) is 75.3 Å². The van der Waals surface area contributed by atoms with E-state index in [4.69, 9.17) is 19.3 Å². The molecule has 0 radical (unpaired) electrons. The predicted octanol–water partition coefficient (Wildman–Crippen LogP) is 0.186. The first-order valence-corrected chi connectivity index (χ1v) is 8.95. The van der Waals surface area contributed by atoms with Crippen molar-refractivity contribution < 1.29 is 44.2 Å². The maximum Gasteiger partial charge on any atom is 0.308 e. The molecule has 9 heteroatoms. The Morgan fingerprint density at radius 2 is 1.69 bits per heavy atom. The van der Waals surface area contributed by atoms with Gasteiger partial charge in [0.05, 0.1) is 25.0 Å². The summed E-state index contributed by atoms with van der Waals surface area (Å²) in [6, 6.07) is 0. The zero-order valence-corrected chi connectivity index (χ0v) is 15.4. The van der Waals surface area contributed by atoms with Crippen LogP contribution in [0, 0.1) is 0 Å². The molecular formula is C17H30O9. The van der Waals surface area contributed by atoms with Crippen molar-refractivity contribution in [1.29, 1.82) is 0 Å². The topological polar surface area (TPSA) is 143 Å². The normalized spacial score (nSPS) is 31.2. The van der Waals surface area contributed by atoms with Gasteiger partial charge in [0.25, 0.3) is 0 Å². The number of esters is 1. The molecular weight excluding hydrogens is 348 g/mol. The highest BCUT2D eigenvalue weighted by Crippen LogP contribution is 2.24. The lowest BCUT2D eigenvalue weighted by Crippen LogP contribution is -2.58. The van der Waals surface area contributed by atoms with Gasteiger partial charge in [0.1, 0.15) is 24.4 Å². The molecule has 0 aromatic carbocycles. The SMILES string of the molecule is CCC[C@@H](CC(=O)O)OC(=O)C[C@@H](CC)O[C@@H]1OC(C)[C@H](O)[C@H](O)C1O. The Bertz CT molecular complexity index is 456. The number of rotatable bonds is 10. The molecule has 0 aliphatic carbocycles. The van der Waals surface area contributed by atoms with Crippen LogP contribution in [0.15, 0.2) is 0 Å². The summed E-state index contributed by atoms with van der Waals surface area (Å²) >= 11 is 0. The number of aliphatic hydroxyl groups excluding tert-OH is 3. The number of aliphatic hydroxyl groups is 3. The van der Waals surface area contributed by atoms with E-state index in [-0.39, 0.29) is 12.8 Å². The fraction of sp³-hybridized carbons (Fsp3) is 0.882. The third kappa shape index (κ3) is 6.81. The number of carbonyl (C=O) groups excluding carboxylic acids is 1. The first-order valence-electron chi connectivity index (χ1n) is 8.95. The van der Waals surface area contributed by atoms with E-state index < -0.39 is 54.9 Å². The summed E-state index contributed by atoms with van der Waals surface area (Å²) in [6.45, 7) is 5.17. The van der Waals surface area contributed by atoms with Crippen LogP contribution in [-0.2, 0) is 23.8 Å². The van der Waals surface area contributed by atoms with E-state index in [0.29, 0.717) is 19.3 Å². The number of hydrogen-bond acceptors (Lipinski definition) is 8. The second-order valence-corrected chi connectivity index (χ2v) is 6.55. The maximum absolute atomic E-state index is 12.1. The summed E-state index contributed by atoms with van der Waals surface area (Å²) in [6.07, 6.45) is -6.25. The maximum atomic E-state index is 12.1. The van der Waals surface area contributed by atoms with Crippen LogP contribution in [0.5, 0.6) is 0 Å². The summed E-state index contributed by atoms with van der Waals surface area (Å²) in [5.74, 6) is -1.64. The van der Waals surface area contributed by atoms with E-state index in [9.17, 15) is 24.9 Å². The number of carboxylic acid groups (broad SMARTS) is 1. The summed E-state index contributed by atoms with van der Waals surface area (Å²) in [5, 5.41) is 38.3. The van der Waals surface area contributed by atoms with Gasteiger partial charge in [-0.25, -0.2) is 0 Å². The Kier molecular flexibility index (Phi) is 9.45. The van der Waals surface area contributed by atoms with Gasteiger partial charge in [-0.2, -0.15) is 0 Å². The van der Waals surface area contributed by atoms with E-state index in [1.807, 2.05) is 6.92 Å². The Hall–Kier alpha value is -1.26. The van der Waals surface area contributed by atoms with Crippen molar-refractivity contribution in [2.45, 2.75) is 95.8 Å². The van der Waals surface area contributed by atoms with Crippen molar-refractivity contribution in [2.24, 2.45) is 0 Å². The van der Waals surface area contributed by atoms with Gasteiger partial charge >= 0.3 is 11.9 Å². The van der Waals surface area contributed by atoms with Gasteiger partial charge in [-0.15, -0.1) is 0 Å². The van der Waals surface area contributed by atoms with Crippen LogP contribution in [0.1, 0.15) is 52.9 Å². The molecule has 0 aromatic heterocycles. The number of ether oxygens (including phenoxy) is 3. The molecule has 2 unspecified atom stereocenters. The highest BCUT2D eigenvalue weighted by atomic mass is 16.7. The molecule has 26 heavy (non-hydrogen) atoms. The molecule has 1 heterocycles. The van der Waals surface area contributed by atoms with Crippen molar-refractivity contribution in [3.05, 3.63) is 0 Å². The molecule has 7 atom stereocenters. The fourth-order valence-electron chi connectivity index (χ4n) is 2.74. The third-order valence-corrected chi connectivity index (χ3v) is 4.30. The highest BCUT2D eigenvalue weighted by Gasteiger charge is 2.43. The summed E-state index contributed by atoms with van der Waals surface area (Å²) in [7, 11) is 0. The average molecular weight is 378 g/mol. The molecule has 1 aliphatic rings. The van der Waals surface area contributed by atoms with Gasteiger partial charge in [0.15, 0.2) is 6.29 Å². The van der Waals surface area contributed by atoms with Crippen molar-refractivity contribution >= 4 is 11.9 Å². The zero-order valence-electron chi connectivity index (χ0n) is 15.4. The summed E-state index contributed by atoms with van der Waals surface area (Å²) in [5.41, 5.74) is 0. The van der Waals surface area contributed by atoms with Crippen molar-refractivity contribution in [3.8, 4) is 0 Å². The first-order chi connectivity index (χ1) is 12.2. The van der Waals surface area contributed by atoms with Crippen molar-refractivity contribution in [3.63, 3.8) is 0 Å². The highest BCUT2D eigenvalue weighted by molar-refractivity contribution is 5.71. The summed E-state index contributed by atoms with van der Waals surface area (Å²) in [4.78, 5) is 22.9. The predicted molar refractivity (Wildman–Crippen MR) is 89.2 cm³/mol. The Labute approximate surface area is 152 Å². The molecule has 0 aromatic rings. The number of carboxylic acids is 1. The molecule has 152 valence electrons. The lowest BCUT2D eigenvalue weighted by molar-refractivity contribution is -0.304. The van der Waals surface area contributed by atoms with Crippen molar-refractivity contribution in [2.75, 3.05) is 0 Å². The molecule has 0 amide bonds. The van der Waals surface area contributed by atoms with Gasteiger partial charge in [0, 0.05) is 0 Å². The van der Waals surface area contributed by atoms with E-state index in [0.717, 1.165) is 0 Å². The summed E-state index contributed by atoms with van der Waals surface area (Å²) < 4.78 is 16.1. The second-order valence-electron chi connectivity index (χ2n) is 6.55. The molecule has 4 N–H and O–H groups in total. The van der Waals surface area contributed by atoms with Crippen LogP contribution < -0.4 is 0 Å². The zero-order chi connectivity index (χ0) is 19.9. The van der Waals surface area contributed by atoms with Crippen LogP contribution in [0.2, 0.25) is 0 Å². The van der Waals surface area contributed by atoms with Gasteiger partial charge < -0.3 is 34.6 Å². The molecule has 1 rings (SSSR count). The van der Waals surface area contributed by atoms with Crippen molar-refractivity contribution in [1.82, 2.24) is 0 Å². The molecule has 0 spiro atoms. The average Bonchev–Trinajstić information content (AvgIpc) is 2.56. The molecule has 1 aliphatic heterocycles. The quantitative estimate of drug-likeness (QED) is 0.392. The Morgan fingerprint density at radius 1 is 1.04 bits per heavy atom. The van der Waals surface area contributed by atoms with Crippen LogP contribution in [0.25, 0.3) is 0 Å². The van der Waals surface area contributed by atoms with Crippen LogP contribution in [0.4, 0.5) is 0 Å². The molecule has 9 nitrogen and oxygen atoms in total. The largest absolute Gasteiger partial charge is 0.481 e. The monoisotopic (exact) mass is 378 g/mol. The van der Waals surface area contributed by atoms with Gasteiger partial charge in [-0.1, -0.05) is 20.3 Å². The minimum absolute atomic E-state index is 0.143. The van der Waals surface area contributed by atoms with E-state index in [1.54, 1.807) is 6.92 Å².